The molecule has 30 heavy (non-hydrogen) atoms. The van der Waals surface area contributed by atoms with E-state index in [0.717, 1.165) is 59.5 Å². The number of H-pyrrole nitrogens is 1. The maximum atomic E-state index is 12.6. The molecule has 0 aliphatic carbocycles. The van der Waals surface area contributed by atoms with E-state index in [9.17, 15) is 4.79 Å². The third kappa shape index (κ3) is 4.18. The predicted octanol–water partition coefficient (Wildman–Crippen LogP) is 3.36. The van der Waals surface area contributed by atoms with Crippen molar-refractivity contribution in [1.29, 1.82) is 0 Å². The molecule has 0 bridgehead atoms. The van der Waals surface area contributed by atoms with Gasteiger partial charge >= 0.3 is 0 Å². The van der Waals surface area contributed by atoms with Crippen molar-refractivity contribution in [2.24, 2.45) is 0 Å². The Balaban J connectivity index is 1.26. The highest BCUT2D eigenvalue weighted by atomic mass is 32.1. The summed E-state index contributed by atoms with van der Waals surface area (Å²) in [5, 5.41) is 0.669. The van der Waals surface area contributed by atoms with Crippen LogP contribution in [-0.2, 0) is 13.1 Å². The zero-order valence-corrected chi connectivity index (χ0v) is 17.4. The Bertz CT molecular complexity index is 1180. The quantitative estimate of drug-likeness (QED) is 0.539. The highest BCUT2D eigenvalue weighted by molar-refractivity contribution is 7.21. The van der Waals surface area contributed by atoms with E-state index in [-0.39, 0.29) is 5.56 Å². The lowest BCUT2D eigenvalue weighted by Crippen LogP contribution is -2.45. The number of rotatable bonds is 5. The average Bonchev–Trinajstić information content (AvgIpc) is 3.21. The van der Waals surface area contributed by atoms with E-state index in [1.54, 1.807) is 11.3 Å². The smallest absolute Gasteiger partial charge is 0.259 e. The fourth-order valence-corrected chi connectivity index (χ4v) is 4.89. The van der Waals surface area contributed by atoms with Crippen LogP contribution in [0.4, 0.5) is 0 Å². The molecule has 0 amide bonds. The summed E-state index contributed by atoms with van der Waals surface area (Å²) >= 11 is 1.58. The fourth-order valence-electron chi connectivity index (χ4n) is 3.83. The first-order chi connectivity index (χ1) is 14.7. The monoisotopic (exact) mass is 417 g/mol. The molecular weight excluding hydrogens is 394 g/mol. The number of benzene rings is 1. The van der Waals surface area contributed by atoms with Gasteiger partial charge in [0, 0.05) is 43.8 Å². The van der Waals surface area contributed by atoms with Gasteiger partial charge < -0.3 is 4.98 Å². The lowest BCUT2D eigenvalue weighted by molar-refractivity contribution is 0.119. The largest absolute Gasteiger partial charge is 0.309 e. The Kier molecular flexibility index (Phi) is 5.40. The number of nitrogens with zero attached hydrogens (tertiary/aromatic N) is 4. The van der Waals surface area contributed by atoms with Crippen molar-refractivity contribution >= 4 is 21.6 Å². The third-order valence-corrected chi connectivity index (χ3v) is 6.54. The standard InChI is InChI=1S/C23H23N5OS/c29-22-19-14-20(17-6-2-1-3-7-17)30-23(19)26-21(25-22)16-28-12-10-27(11-13-28)15-18-8-4-5-9-24-18/h1-9,14H,10-13,15-16H2,(H,25,26,29). The van der Waals surface area contributed by atoms with Gasteiger partial charge in [0.15, 0.2) is 0 Å². The molecule has 0 saturated carbocycles. The Morgan fingerprint density at radius 1 is 0.933 bits per heavy atom. The van der Waals surface area contributed by atoms with Crippen LogP contribution in [0.3, 0.4) is 0 Å². The average molecular weight is 418 g/mol. The zero-order chi connectivity index (χ0) is 20.3. The number of aromatic nitrogens is 3. The summed E-state index contributed by atoms with van der Waals surface area (Å²) in [5.41, 5.74) is 2.17. The number of fused-ring (bicyclic) bond motifs is 1. The minimum Gasteiger partial charge on any atom is -0.309 e. The molecule has 1 aromatic carbocycles. The maximum absolute atomic E-state index is 12.6. The Morgan fingerprint density at radius 2 is 1.67 bits per heavy atom. The van der Waals surface area contributed by atoms with Crippen LogP contribution in [-0.4, -0.2) is 50.9 Å². The Hall–Kier alpha value is -2.87. The number of hydrogen-bond donors (Lipinski definition) is 1. The summed E-state index contributed by atoms with van der Waals surface area (Å²) in [7, 11) is 0. The first kappa shape index (κ1) is 19.1. The fraction of sp³-hybridized carbons (Fsp3) is 0.261. The molecule has 0 spiro atoms. The third-order valence-electron chi connectivity index (χ3n) is 5.46. The van der Waals surface area contributed by atoms with Crippen LogP contribution < -0.4 is 5.56 Å². The molecule has 1 fully saturated rings. The van der Waals surface area contributed by atoms with Gasteiger partial charge in [-0.05, 0) is 23.8 Å². The minimum atomic E-state index is -0.0535. The van der Waals surface area contributed by atoms with Crippen LogP contribution in [0.2, 0.25) is 0 Å². The molecule has 0 atom stereocenters. The molecule has 0 unspecified atom stereocenters. The van der Waals surface area contributed by atoms with Crippen molar-refractivity contribution in [3.8, 4) is 10.4 Å². The van der Waals surface area contributed by atoms with E-state index in [0.29, 0.717) is 11.9 Å². The summed E-state index contributed by atoms with van der Waals surface area (Å²) in [6.45, 7) is 5.43. The van der Waals surface area contributed by atoms with Crippen LogP contribution in [0.15, 0.2) is 65.6 Å². The minimum absolute atomic E-state index is 0.0535. The van der Waals surface area contributed by atoms with Crippen LogP contribution in [0.5, 0.6) is 0 Å². The van der Waals surface area contributed by atoms with Gasteiger partial charge in [-0.1, -0.05) is 36.4 Å². The maximum Gasteiger partial charge on any atom is 0.259 e. The highest BCUT2D eigenvalue weighted by Gasteiger charge is 2.19. The summed E-state index contributed by atoms with van der Waals surface area (Å²) in [6.07, 6.45) is 1.84. The molecule has 6 nitrogen and oxygen atoms in total. The van der Waals surface area contributed by atoms with Crippen LogP contribution in [0, 0.1) is 0 Å². The zero-order valence-electron chi connectivity index (χ0n) is 16.6. The second-order valence-corrected chi connectivity index (χ2v) is 8.61. The molecule has 1 N–H and O–H groups in total. The van der Waals surface area contributed by atoms with Crippen molar-refractivity contribution in [3.05, 3.63) is 82.7 Å². The van der Waals surface area contributed by atoms with Crippen molar-refractivity contribution in [2.45, 2.75) is 13.1 Å². The number of pyridine rings is 1. The second-order valence-electron chi connectivity index (χ2n) is 7.58. The molecule has 1 aliphatic heterocycles. The SMILES string of the molecule is O=c1[nH]c(CN2CCN(Cc3ccccn3)CC2)nc2sc(-c3ccccc3)cc12. The molecular formula is C23H23N5OS. The van der Waals surface area contributed by atoms with E-state index in [4.69, 9.17) is 4.98 Å². The topological polar surface area (TPSA) is 65.1 Å². The summed E-state index contributed by atoms with van der Waals surface area (Å²) in [5.74, 6) is 0.743. The molecule has 152 valence electrons. The molecule has 1 aliphatic rings. The van der Waals surface area contributed by atoms with E-state index in [2.05, 4.69) is 38.0 Å². The first-order valence-electron chi connectivity index (χ1n) is 10.2. The highest BCUT2D eigenvalue weighted by Crippen LogP contribution is 2.30. The van der Waals surface area contributed by atoms with Gasteiger partial charge in [-0.25, -0.2) is 4.98 Å². The lowest BCUT2D eigenvalue weighted by Gasteiger charge is -2.34. The summed E-state index contributed by atoms with van der Waals surface area (Å²) < 4.78 is 0. The van der Waals surface area contributed by atoms with Gasteiger partial charge in [0.25, 0.3) is 5.56 Å². The van der Waals surface area contributed by atoms with E-state index >= 15 is 0 Å². The molecule has 1 saturated heterocycles. The summed E-state index contributed by atoms with van der Waals surface area (Å²) in [6, 6.07) is 18.1. The van der Waals surface area contributed by atoms with Gasteiger partial charge in [0.05, 0.1) is 17.6 Å². The molecule has 7 heteroatoms. The van der Waals surface area contributed by atoms with E-state index in [1.165, 1.54) is 0 Å². The summed E-state index contributed by atoms with van der Waals surface area (Å²) in [4.78, 5) is 31.4. The van der Waals surface area contributed by atoms with Crippen molar-refractivity contribution in [2.75, 3.05) is 26.2 Å². The van der Waals surface area contributed by atoms with Gasteiger partial charge in [0.1, 0.15) is 10.7 Å². The number of hydrogen-bond acceptors (Lipinski definition) is 6. The number of aromatic amines is 1. The van der Waals surface area contributed by atoms with Crippen molar-refractivity contribution in [1.82, 2.24) is 24.8 Å². The normalized spacial score (nSPS) is 15.6. The number of thiophene rings is 1. The van der Waals surface area contributed by atoms with Gasteiger partial charge in [-0.3, -0.25) is 19.6 Å². The second kappa shape index (κ2) is 8.47. The number of nitrogens with one attached hydrogen (secondary N) is 1. The molecule has 4 heterocycles. The van der Waals surface area contributed by atoms with Gasteiger partial charge in [-0.2, -0.15) is 0 Å². The Labute approximate surface area is 178 Å². The van der Waals surface area contributed by atoms with Gasteiger partial charge in [0.2, 0.25) is 0 Å². The predicted molar refractivity (Wildman–Crippen MR) is 120 cm³/mol. The molecule has 5 rings (SSSR count). The molecule has 0 radical (unpaired) electrons. The van der Waals surface area contributed by atoms with E-state index in [1.807, 2.05) is 42.6 Å². The van der Waals surface area contributed by atoms with Crippen LogP contribution in [0.1, 0.15) is 11.5 Å². The van der Waals surface area contributed by atoms with Crippen molar-refractivity contribution < 1.29 is 0 Å². The van der Waals surface area contributed by atoms with Gasteiger partial charge in [-0.15, -0.1) is 11.3 Å². The number of piperazine rings is 1. The Morgan fingerprint density at radius 3 is 2.40 bits per heavy atom. The van der Waals surface area contributed by atoms with Crippen molar-refractivity contribution in [3.63, 3.8) is 0 Å². The molecule has 3 aromatic heterocycles. The first-order valence-corrected chi connectivity index (χ1v) is 11.0. The molecule has 4 aromatic rings. The lowest BCUT2D eigenvalue weighted by atomic mass is 10.2. The van der Waals surface area contributed by atoms with Crippen LogP contribution in [0.25, 0.3) is 20.7 Å². The van der Waals surface area contributed by atoms with E-state index < -0.39 is 0 Å². The van der Waals surface area contributed by atoms with Crippen LogP contribution >= 0.6 is 11.3 Å².